The van der Waals surface area contributed by atoms with Crippen LogP contribution in [0, 0.1) is 11.3 Å². The highest BCUT2D eigenvalue weighted by atomic mass is 32.2. The predicted octanol–water partition coefficient (Wildman–Crippen LogP) is 3.57. The molecular weight excluding hydrogens is 261 g/mol. The Morgan fingerprint density at radius 2 is 1.83 bits per heavy atom. The Labute approximate surface area is 107 Å². The lowest BCUT2D eigenvalue weighted by molar-refractivity contribution is -0.142. The molecule has 1 aliphatic rings. The highest BCUT2D eigenvalue weighted by Crippen LogP contribution is 2.38. The van der Waals surface area contributed by atoms with E-state index in [4.69, 9.17) is 5.26 Å². The summed E-state index contributed by atoms with van der Waals surface area (Å²) in [4.78, 5) is 3.66. The van der Waals surface area contributed by atoms with Crippen molar-refractivity contribution in [1.29, 1.82) is 5.26 Å². The molecule has 0 aliphatic heterocycles. The van der Waals surface area contributed by atoms with Crippen LogP contribution in [0.25, 0.3) is 0 Å². The van der Waals surface area contributed by atoms with Gasteiger partial charge < -0.3 is 0 Å². The van der Waals surface area contributed by atoms with Crippen LogP contribution in [0.1, 0.15) is 35.2 Å². The van der Waals surface area contributed by atoms with Gasteiger partial charge in [0.25, 0.3) is 0 Å². The van der Waals surface area contributed by atoms with Crippen molar-refractivity contribution in [3.8, 4) is 6.07 Å². The molecule has 0 N–H and O–H groups in total. The number of fused-ring (bicyclic) bond motifs is 1. The highest BCUT2D eigenvalue weighted by Gasteiger charge is 2.38. The van der Waals surface area contributed by atoms with E-state index in [1.807, 2.05) is 6.07 Å². The van der Waals surface area contributed by atoms with Crippen molar-refractivity contribution in [2.45, 2.75) is 36.9 Å². The lowest BCUT2D eigenvalue weighted by atomic mass is 9.88. The molecule has 18 heavy (non-hydrogen) atoms. The van der Waals surface area contributed by atoms with Gasteiger partial charge in [0.15, 0.2) is 0 Å². The number of hydrogen-bond donors (Lipinski definition) is 0. The maximum atomic E-state index is 13.0. The molecule has 1 aromatic rings. The van der Waals surface area contributed by atoms with E-state index < -0.39 is 11.9 Å². The van der Waals surface area contributed by atoms with Gasteiger partial charge in [0.05, 0.1) is 5.56 Å². The van der Waals surface area contributed by atoms with Crippen molar-refractivity contribution in [2.24, 2.45) is 0 Å². The molecule has 0 saturated heterocycles. The molecule has 2 nitrogen and oxygen atoms in total. The summed E-state index contributed by atoms with van der Waals surface area (Å²) in [7, 11) is 0. The second-order valence-corrected chi connectivity index (χ2v) is 4.91. The number of halogens is 3. The molecule has 2 rings (SSSR count). The van der Waals surface area contributed by atoms with Gasteiger partial charge in [-0.3, -0.25) is 0 Å². The molecule has 0 saturated carbocycles. The Bertz CT molecular complexity index is 518. The van der Waals surface area contributed by atoms with Gasteiger partial charge in [-0.1, -0.05) is 0 Å². The summed E-state index contributed by atoms with van der Waals surface area (Å²) in [6.07, 6.45) is -0.353. The molecule has 0 fully saturated rings. The third-order valence-corrected chi connectivity index (χ3v) is 3.74. The first kappa shape index (κ1) is 13.2. The van der Waals surface area contributed by atoms with Crippen molar-refractivity contribution in [1.82, 2.24) is 4.98 Å². The van der Waals surface area contributed by atoms with Crippen LogP contribution in [0.5, 0.6) is 0 Å². The van der Waals surface area contributed by atoms with Crippen LogP contribution in [-0.4, -0.2) is 11.2 Å². The summed E-state index contributed by atoms with van der Waals surface area (Å²) in [5.74, 6) is 0. The van der Waals surface area contributed by atoms with Gasteiger partial charge >= 0.3 is 6.18 Å². The molecule has 0 spiro atoms. The molecule has 0 aromatic carbocycles. The summed E-state index contributed by atoms with van der Waals surface area (Å²) in [6.45, 7) is 0. The van der Waals surface area contributed by atoms with E-state index in [0.29, 0.717) is 24.0 Å². The SMILES string of the molecule is CSc1nc(C(F)(F)F)c2c(c1C#N)CCCC2. The van der Waals surface area contributed by atoms with Crippen molar-refractivity contribution < 1.29 is 13.2 Å². The Hall–Kier alpha value is -1.22. The quantitative estimate of drug-likeness (QED) is 0.733. The first-order chi connectivity index (χ1) is 8.49. The van der Waals surface area contributed by atoms with Crippen LogP contribution in [0.15, 0.2) is 5.03 Å². The van der Waals surface area contributed by atoms with E-state index in [1.54, 1.807) is 6.26 Å². The minimum Gasteiger partial charge on any atom is -0.235 e. The second kappa shape index (κ2) is 4.81. The normalized spacial score (nSPS) is 15.1. The van der Waals surface area contributed by atoms with Gasteiger partial charge in [0, 0.05) is 0 Å². The summed E-state index contributed by atoms with van der Waals surface area (Å²) in [5, 5.41) is 9.30. The minimum atomic E-state index is -4.44. The molecule has 1 heterocycles. The zero-order valence-electron chi connectivity index (χ0n) is 9.76. The maximum absolute atomic E-state index is 13.0. The number of pyridine rings is 1. The summed E-state index contributed by atoms with van der Waals surface area (Å²) in [5.41, 5.74) is 0.296. The van der Waals surface area contributed by atoms with Gasteiger partial charge in [-0.05, 0) is 43.1 Å². The van der Waals surface area contributed by atoms with E-state index in [-0.39, 0.29) is 10.6 Å². The minimum absolute atomic E-state index is 0.186. The number of rotatable bonds is 1. The van der Waals surface area contributed by atoms with Crippen LogP contribution in [-0.2, 0) is 19.0 Å². The summed E-state index contributed by atoms with van der Waals surface area (Å²) < 4.78 is 38.9. The molecule has 0 atom stereocenters. The van der Waals surface area contributed by atoms with Crippen LogP contribution in [0.3, 0.4) is 0 Å². The van der Waals surface area contributed by atoms with Crippen molar-refractivity contribution in [3.05, 3.63) is 22.4 Å². The summed E-state index contributed by atoms with van der Waals surface area (Å²) >= 11 is 1.09. The third-order valence-electron chi connectivity index (χ3n) is 3.06. The fourth-order valence-electron chi connectivity index (χ4n) is 2.29. The van der Waals surface area contributed by atoms with Gasteiger partial charge in [0.1, 0.15) is 16.8 Å². The largest absolute Gasteiger partial charge is 0.433 e. The Morgan fingerprint density at radius 1 is 1.22 bits per heavy atom. The average molecular weight is 272 g/mol. The third kappa shape index (κ3) is 2.19. The van der Waals surface area contributed by atoms with Gasteiger partial charge in [-0.25, -0.2) is 4.98 Å². The standard InChI is InChI=1S/C12H11F3N2S/c1-18-11-9(6-16)7-4-2-3-5-8(7)10(17-11)12(13,14)15/h2-5H2,1H3. The van der Waals surface area contributed by atoms with Crippen LogP contribution in [0.2, 0.25) is 0 Å². The van der Waals surface area contributed by atoms with Gasteiger partial charge in [-0.2, -0.15) is 18.4 Å². The monoisotopic (exact) mass is 272 g/mol. The lowest BCUT2D eigenvalue weighted by Gasteiger charge is -2.22. The second-order valence-electron chi connectivity index (χ2n) is 4.12. The number of nitrogens with zero attached hydrogens (tertiary/aromatic N) is 2. The van der Waals surface area contributed by atoms with E-state index in [0.717, 1.165) is 24.6 Å². The van der Waals surface area contributed by atoms with Gasteiger partial charge in [0.2, 0.25) is 0 Å². The van der Waals surface area contributed by atoms with Crippen molar-refractivity contribution in [2.75, 3.05) is 6.26 Å². The number of hydrogen-bond acceptors (Lipinski definition) is 3. The molecule has 0 bridgehead atoms. The Morgan fingerprint density at radius 3 is 2.33 bits per heavy atom. The number of thioether (sulfide) groups is 1. The fourth-order valence-corrected chi connectivity index (χ4v) is 2.85. The first-order valence-corrected chi connectivity index (χ1v) is 6.78. The molecule has 0 unspecified atom stereocenters. The van der Waals surface area contributed by atoms with E-state index in [1.165, 1.54) is 0 Å². The number of nitriles is 1. The molecule has 6 heteroatoms. The molecule has 1 aromatic heterocycles. The van der Waals surface area contributed by atoms with Crippen LogP contribution < -0.4 is 0 Å². The average Bonchev–Trinajstić information content (AvgIpc) is 2.35. The molecule has 0 amide bonds. The van der Waals surface area contributed by atoms with Crippen molar-refractivity contribution >= 4 is 11.8 Å². The fraction of sp³-hybridized carbons (Fsp3) is 0.500. The molecule has 0 radical (unpaired) electrons. The zero-order chi connectivity index (χ0) is 13.3. The molecule has 96 valence electrons. The van der Waals surface area contributed by atoms with E-state index in [9.17, 15) is 13.2 Å². The molecule has 1 aliphatic carbocycles. The maximum Gasteiger partial charge on any atom is 0.433 e. The van der Waals surface area contributed by atoms with Crippen LogP contribution in [0.4, 0.5) is 13.2 Å². The topological polar surface area (TPSA) is 36.7 Å². The number of aromatic nitrogens is 1. The van der Waals surface area contributed by atoms with Crippen LogP contribution >= 0.6 is 11.8 Å². The Balaban J connectivity index is 2.74. The Kier molecular flexibility index (Phi) is 3.53. The van der Waals surface area contributed by atoms with E-state index >= 15 is 0 Å². The first-order valence-electron chi connectivity index (χ1n) is 5.56. The zero-order valence-corrected chi connectivity index (χ0v) is 10.6. The predicted molar refractivity (Wildman–Crippen MR) is 62.4 cm³/mol. The van der Waals surface area contributed by atoms with Crippen molar-refractivity contribution in [3.63, 3.8) is 0 Å². The smallest absolute Gasteiger partial charge is 0.235 e. The van der Waals surface area contributed by atoms with E-state index in [2.05, 4.69) is 4.98 Å². The lowest BCUT2D eigenvalue weighted by Crippen LogP contribution is -2.19. The van der Waals surface area contributed by atoms with Gasteiger partial charge in [-0.15, -0.1) is 11.8 Å². The molecular formula is C12H11F3N2S. The summed E-state index contributed by atoms with van der Waals surface area (Å²) in [6, 6.07) is 2.00. The number of alkyl halides is 3. The highest BCUT2D eigenvalue weighted by molar-refractivity contribution is 7.98.